The van der Waals surface area contributed by atoms with E-state index in [1.807, 2.05) is 12.1 Å². The normalized spacial score (nSPS) is 14.5. The first kappa shape index (κ1) is 16.5. The molecule has 0 spiro atoms. The summed E-state index contributed by atoms with van der Waals surface area (Å²) in [6.07, 6.45) is 1.73. The number of anilines is 1. The molecular formula is C17H18ClN3O3. The van der Waals surface area contributed by atoms with Gasteiger partial charge in [-0.1, -0.05) is 11.6 Å². The highest BCUT2D eigenvalue weighted by Gasteiger charge is 2.14. The van der Waals surface area contributed by atoms with Crippen LogP contribution in [0.4, 0.5) is 5.82 Å². The van der Waals surface area contributed by atoms with E-state index in [1.54, 1.807) is 6.20 Å². The van der Waals surface area contributed by atoms with Crippen molar-refractivity contribution >= 4 is 23.3 Å². The number of hydrogen-bond donors (Lipinski definition) is 2. The fourth-order valence-corrected chi connectivity index (χ4v) is 2.68. The average Bonchev–Trinajstić information content (AvgIpc) is 2.63. The monoisotopic (exact) mass is 347 g/mol. The lowest BCUT2D eigenvalue weighted by atomic mass is 10.1. The third-order valence-electron chi connectivity index (χ3n) is 3.80. The Hall–Kier alpha value is -2.31. The molecule has 1 amide bonds. The zero-order valence-corrected chi connectivity index (χ0v) is 13.8. The molecule has 126 valence electrons. The topological polar surface area (TPSA) is 74.7 Å². The summed E-state index contributed by atoms with van der Waals surface area (Å²) in [7, 11) is 0. The number of phenolic OH excluding ortho intramolecular Hbond substituents is 1. The molecule has 0 atom stereocenters. The minimum Gasteiger partial charge on any atom is -0.507 e. The van der Waals surface area contributed by atoms with Gasteiger partial charge in [0.1, 0.15) is 11.6 Å². The van der Waals surface area contributed by atoms with Crippen LogP contribution in [-0.4, -0.2) is 42.3 Å². The number of carbonyl (C=O) groups excluding carboxylic acids is 1. The second kappa shape index (κ2) is 7.51. The Balaban J connectivity index is 1.66. The van der Waals surface area contributed by atoms with Gasteiger partial charge in [0, 0.05) is 30.9 Å². The smallest absolute Gasteiger partial charge is 0.255 e. The van der Waals surface area contributed by atoms with Crippen molar-refractivity contribution in [1.29, 1.82) is 0 Å². The number of aromatic hydroxyl groups is 1. The van der Waals surface area contributed by atoms with E-state index >= 15 is 0 Å². The van der Waals surface area contributed by atoms with Crippen molar-refractivity contribution < 1.29 is 14.6 Å². The van der Waals surface area contributed by atoms with Gasteiger partial charge in [0.05, 0.1) is 18.8 Å². The Kier molecular flexibility index (Phi) is 5.17. The lowest BCUT2D eigenvalue weighted by Gasteiger charge is -2.28. The molecule has 1 aliphatic rings. The maximum absolute atomic E-state index is 12.2. The molecule has 0 saturated carbocycles. The minimum atomic E-state index is -0.375. The number of aromatic nitrogens is 1. The molecule has 7 heteroatoms. The Morgan fingerprint density at radius 2 is 2.08 bits per heavy atom. The van der Waals surface area contributed by atoms with Crippen LogP contribution in [0.3, 0.4) is 0 Å². The quantitative estimate of drug-likeness (QED) is 0.887. The van der Waals surface area contributed by atoms with Gasteiger partial charge in [-0.3, -0.25) is 4.79 Å². The summed E-state index contributed by atoms with van der Waals surface area (Å²) in [6.45, 7) is 3.33. The molecule has 2 heterocycles. The number of amides is 1. The Morgan fingerprint density at radius 1 is 1.29 bits per heavy atom. The molecule has 1 saturated heterocycles. The van der Waals surface area contributed by atoms with Crippen LogP contribution < -0.4 is 10.2 Å². The fraction of sp³-hybridized carbons (Fsp3) is 0.294. The van der Waals surface area contributed by atoms with Crippen molar-refractivity contribution in [2.24, 2.45) is 0 Å². The number of benzene rings is 1. The van der Waals surface area contributed by atoms with E-state index in [0.717, 1.165) is 24.5 Å². The summed E-state index contributed by atoms with van der Waals surface area (Å²) in [4.78, 5) is 18.7. The van der Waals surface area contributed by atoms with Gasteiger partial charge in [-0.2, -0.15) is 0 Å². The van der Waals surface area contributed by atoms with Crippen LogP contribution >= 0.6 is 11.6 Å². The fourth-order valence-electron chi connectivity index (χ4n) is 2.50. The van der Waals surface area contributed by atoms with Crippen molar-refractivity contribution in [3.05, 3.63) is 52.7 Å². The van der Waals surface area contributed by atoms with Crippen LogP contribution in [0.15, 0.2) is 36.5 Å². The van der Waals surface area contributed by atoms with Gasteiger partial charge >= 0.3 is 0 Å². The molecule has 0 unspecified atom stereocenters. The molecule has 1 aromatic heterocycles. The van der Waals surface area contributed by atoms with Crippen LogP contribution in [0.1, 0.15) is 15.9 Å². The van der Waals surface area contributed by atoms with Crippen molar-refractivity contribution in [1.82, 2.24) is 10.3 Å². The number of pyridine rings is 1. The predicted octanol–water partition coefficient (Wildman–Crippen LogP) is 2.21. The number of rotatable bonds is 4. The van der Waals surface area contributed by atoms with Gasteiger partial charge in [0.15, 0.2) is 0 Å². The highest BCUT2D eigenvalue weighted by atomic mass is 35.5. The molecule has 1 aliphatic heterocycles. The van der Waals surface area contributed by atoms with Crippen molar-refractivity contribution in [3.8, 4) is 5.75 Å². The van der Waals surface area contributed by atoms with Gasteiger partial charge in [0.2, 0.25) is 0 Å². The molecule has 0 radical (unpaired) electrons. The number of phenols is 1. The van der Waals surface area contributed by atoms with Gasteiger partial charge in [0.25, 0.3) is 5.91 Å². The number of nitrogens with zero attached hydrogens (tertiary/aromatic N) is 2. The summed E-state index contributed by atoms with van der Waals surface area (Å²) in [5, 5.41) is 13.0. The van der Waals surface area contributed by atoms with E-state index < -0.39 is 0 Å². The molecule has 6 nitrogen and oxygen atoms in total. The maximum atomic E-state index is 12.2. The third-order valence-corrected chi connectivity index (χ3v) is 4.04. The Bertz CT molecular complexity index is 733. The lowest BCUT2D eigenvalue weighted by molar-refractivity contribution is 0.0948. The first-order valence-electron chi connectivity index (χ1n) is 7.68. The summed E-state index contributed by atoms with van der Waals surface area (Å²) < 4.78 is 5.34. The lowest BCUT2D eigenvalue weighted by Crippen LogP contribution is -2.36. The summed E-state index contributed by atoms with van der Waals surface area (Å²) in [6, 6.07) is 8.18. The average molecular weight is 348 g/mol. The van der Waals surface area contributed by atoms with Gasteiger partial charge in [-0.15, -0.1) is 0 Å². The van der Waals surface area contributed by atoms with Gasteiger partial charge < -0.3 is 20.1 Å². The van der Waals surface area contributed by atoms with E-state index in [2.05, 4.69) is 15.2 Å². The zero-order valence-electron chi connectivity index (χ0n) is 13.0. The molecule has 1 aromatic carbocycles. The summed E-state index contributed by atoms with van der Waals surface area (Å²) in [5.41, 5.74) is 1.09. The van der Waals surface area contributed by atoms with E-state index in [0.29, 0.717) is 24.8 Å². The van der Waals surface area contributed by atoms with Crippen LogP contribution in [0.2, 0.25) is 5.02 Å². The molecule has 0 aliphatic carbocycles. The molecular weight excluding hydrogens is 330 g/mol. The number of carbonyl (C=O) groups is 1. The minimum absolute atomic E-state index is 0.0966. The maximum Gasteiger partial charge on any atom is 0.255 e. The summed E-state index contributed by atoms with van der Waals surface area (Å²) >= 11 is 5.87. The number of nitrogens with one attached hydrogen (secondary N) is 1. The van der Waals surface area contributed by atoms with E-state index in [1.165, 1.54) is 18.2 Å². The Morgan fingerprint density at radius 3 is 2.88 bits per heavy atom. The van der Waals surface area contributed by atoms with Crippen molar-refractivity contribution in [3.63, 3.8) is 0 Å². The van der Waals surface area contributed by atoms with Crippen LogP contribution in [-0.2, 0) is 11.3 Å². The third kappa shape index (κ3) is 3.96. The highest BCUT2D eigenvalue weighted by molar-refractivity contribution is 6.31. The standard InChI is InChI=1S/C17H18ClN3O3/c18-13-1-2-15(22)14(10-13)17(23)20-11-12-3-4-19-16(9-12)21-5-7-24-8-6-21/h1-4,9-10,22H,5-8,11H2,(H,20,23). The molecule has 1 fully saturated rings. The Labute approximate surface area is 145 Å². The van der Waals surface area contributed by atoms with Crippen LogP contribution in [0, 0.1) is 0 Å². The SMILES string of the molecule is O=C(NCc1ccnc(N2CCOCC2)c1)c1cc(Cl)ccc1O. The van der Waals surface area contributed by atoms with Crippen LogP contribution in [0.5, 0.6) is 5.75 Å². The van der Waals surface area contributed by atoms with E-state index in [4.69, 9.17) is 16.3 Å². The molecule has 0 bridgehead atoms. The number of halogens is 1. The first-order chi connectivity index (χ1) is 11.6. The number of morpholine rings is 1. The molecule has 3 rings (SSSR count). The molecule has 2 aromatic rings. The highest BCUT2D eigenvalue weighted by Crippen LogP contribution is 2.21. The zero-order chi connectivity index (χ0) is 16.9. The van der Waals surface area contributed by atoms with Gasteiger partial charge in [-0.05, 0) is 35.9 Å². The molecule has 2 N–H and O–H groups in total. The van der Waals surface area contributed by atoms with Crippen molar-refractivity contribution in [2.45, 2.75) is 6.54 Å². The second-order valence-electron chi connectivity index (χ2n) is 5.47. The first-order valence-corrected chi connectivity index (χ1v) is 8.05. The van der Waals surface area contributed by atoms with Crippen LogP contribution in [0.25, 0.3) is 0 Å². The van der Waals surface area contributed by atoms with E-state index in [-0.39, 0.29) is 17.2 Å². The summed E-state index contributed by atoms with van der Waals surface area (Å²) in [5.74, 6) is 0.399. The largest absolute Gasteiger partial charge is 0.507 e. The predicted molar refractivity (Wildman–Crippen MR) is 91.6 cm³/mol. The second-order valence-corrected chi connectivity index (χ2v) is 5.90. The number of ether oxygens (including phenoxy) is 1. The molecule has 24 heavy (non-hydrogen) atoms. The van der Waals surface area contributed by atoms with Gasteiger partial charge in [-0.25, -0.2) is 4.98 Å². The van der Waals surface area contributed by atoms with Crippen molar-refractivity contribution in [2.75, 3.05) is 31.2 Å². The van der Waals surface area contributed by atoms with E-state index in [9.17, 15) is 9.90 Å². The number of hydrogen-bond acceptors (Lipinski definition) is 5.